The Morgan fingerprint density at radius 2 is 0.919 bits per heavy atom. The van der Waals surface area contributed by atoms with Crippen molar-refractivity contribution in [2.24, 2.45) is 0 Å². The van der Waals surface area contributed by atoms with E-state index < -0.39 is 5.41 Å². The van der Waals surface area contributed by atoms with Gasteiger partial charge in [-0.15, -0.1) is 0 Å². The van der Waals surface area contributed by atoms with Crippen molar-refractivity contribution in [2.75, 3.05) is 9.80 Å². The SMILES string of the molecule is CC(C)(C)c1cccc(N2c3ccccc3C3(c4ccc(Oc5[c-]c(-n6[c](=[Pt])n(-c7c(-c8ccccc8)cc(C(C)(C)C)cc7-c7ccccc7)c7ccccc76)ccc5)[c-]c4N(c4cc(C(C)(C)C)ccn4)c4ccccc43)c3ccccc32)c1. The minimum absolute atomic E-state index is 0.0402. The summed E-state index contributed by atoms with van der Waals surface area (Å²) in [5, 5.41) is 0. The van der Waals surface area contributed by atoms with Crippen LogP contribution in [0.4, 0.5) is 34.3 Å². The van der Waals surface area contributed by atoms with Gasteiger partial charge in [0.1, 0.15) is 0 Å². The second-order valence-corrected chi connectivity index (χ2v) is 26.8. The number of benzene rings is 10. The van der Waals surface area contributed by atoms with Crippen LogP contribution in [-0.4, -0.2) is 14.1 Å². The summed E-state index contributed by atoms with van der Waals surface area (Å²) in [5.74, 6) is 1.93. The van der Waals surface area contributed by atoms with E-state index in [0.29, 0.717) is 11.5 Å². The molecule has 0 saturated heterocycles. The number of para-hydroxylation sites is 5. The first-order chi connectivity index (χ1) is 41.5. The van der Waals surface area contributed by atoms with Crippen LogP contribution in [0.5, 0.6) is 11.5 Å². The summed E-state index contributed by atoms with van der Waals surface area (Å²) in [4.78, 5) is 9.96. The monoisotopic (exact) mass is 1300 g/mol. The van der Waals surface area contributed by atoms with E-state index in [4.69, 9.17) is 9.72 Å². The summed E-state index contributed by atoms with van der Waals surface area (Å²) < 4.78 is 12.9. The van der Waals surface area contributed by atoms with E-state index in [9.17, 15) is 0 Å². The first kappa shape index (κ1) is 54.8. The van der Waals surface area contributed by atoms with Crippen molar-refractivity contribution in [3.05, 3.63) is 298 Å². The van der Waals surface area contributed by atoms with Gasteiger partial charge in [0.2, 0.25) is 0 Å². The molecule has 6 nitrogen and oxygen atoms in total. The quantitative estimate of drug-likeness (QED) is 0.142. The molecule has 86 heavy (non-hydrogen) atoms. The standard InChI is InChI=1S/C79H67N5O.Pt/c1-76(2,3)55-30-24-32-59(46-55)83-68-37-19-16-34-64(68)79(65-35-17-20-38-69(65)83)66-36-18-21-39-70(66)84(74-49-56(44-45-80-74)77(4,5)6)73-51-61(42-43-67(73)79)85-60-33-25-31-58(50-60)81-52-82(72-41-23-22-40-71(72)81)75-62(53-26-12-10-13-27-53)47-57(78(7,8)9)48-63(75)54-28-14-11-15-29-54;/h10-49H,1-9H3;/q-2;. The minimum Gasteiger partial charge on any atom is -0.0618 e. The number of ether oxygens (including phenoxy) is 1. The van der Waals surface area contributed by atoms with Gasteiger partial charge in [0, 0.05) is 23.3 Å². The molecule has 426 valence electrons. The Morgan fingerprint density at radius 3 is 1.50 bits per heavy atom. The number of rotatable bonds is 8. The van der Waals surface area contributed by atoms with Gasteiger partial charge < -0.3 is 4.90 Å². The number of fused-ring (bicyclic) bond motifs is 9. The predicted octanol–water partition coefficient (Wildman–Crippen LogP) is 20.5. The van der Waals surface area contributed by atoms with E-state index >= 15 is 0 Å². The molecule has 0 radical (unpaired) electrons. The fourth-order valence-electron chi connectivity index (χ4n) is 13.0. The van der Waals surface area contributed by atoms with Crippen molar-refractivity contribution in [2.45, 2.75) is 84.0 Å². The fourth-order valence-corrected chi connectivity index (χ4v) is 14.1. The molecule has 10 aromatic carbocycles. The number of anilines is 6. The van der Waals surface area contributed by atoms with E-state index in [1.165, 1.54) is 27.8 Å². The molecule has 0 bridgehead atoms. The molecule has 0 aliphatic carbocycles. The normalized spacial score (nSPS) is 13.5. The van der Waals surface area contributed by atoms with Gasteiger partial charge in [0.15, 0.2) is 0 Å². The van der Waals surface area contributed by atoms with Crippen LogP contribution in [0.1, 0.15) is 101 Å². The van der Waals surface area contributed by atoms with Gasteiger partial charge in [-0.05, 0) is 52.3 Å². The molecule has 0 unspecified atom stereocenters. The van der Waals surface area contributed by atoms with Crippen molar-refractivity contribution in [1.29, 1.82) is 0 Å². The molecule has 1 spiro atoms. The minimum atomic E-state index is -0.786. The van der Waals surface area contributed by atoms with Crippen molar-refractivity contribution < 1.29 is 24.1 Å². The van der Waals surface area contributed by atoms with Crippen LogP contribution < -0.4 is 14.5 Å². The van der Waals surface area contributed by atoms with Crippen molar-refractivity contribution >= 4 is 45.3 Å². The average molecular weight is 1300 g/mol. The van der Waals surface area contributed by atoms with Gasteiger partial charge >= 0.3 is 331 Å². The molecule has 0 atom stereocenters. The molecule has 0 saturated carbocycles. The Kier molecular flexibility index (Phi) is 13.3. The Balaban J connectivity index is 0.953. The molecular weight excluding hydrogens is 1230 g/mol. The Morgan fingerprint density at radius 1 is 0.419 bits per heavy atom. The summed E-state index contributed by atoms with van der Waals surface area (Å²) in [7, 11) is 0. The molecule has 7 heteroatoms. The molecule has 0 N–H and O–H groups in total. The molecule has 0 fully saturated rings. The predicted molar refractivity (Wildman–Crippen MR) is 350 cm³/mol. The number of aromatic nitrogens is 3. The second-order valence-electron chi connectivity index (χ2n) is 25.8. The summed E-state index contributed by atoms with van der Waals surface area (Å²) in [6.07, 6.45) is 1.94. The molecule has 2 aromatic heterocycles. The number of imidazole rings is 1. The summed E-state index contributed by atoms with van der Waals surface area (Å²) >= 11 is 2.52. The molecule has 14 rings (SSSR count). The van der Waals surface area contributed by atoms with Crippen LogP contribution in [0.2, 0.25) is 0 Å². The van der Waals surface area contributed by atoms with E-state index in [1.807, 2.05) is 12.3 Å². The molecular formula is C79H67N5OPt-2. The topological polar surface area (TPSA) is 38.5 Å². The van der Waals surface area contributed by atoms with Gasteiger partial charge in [-0.2, -0.15) is 0 Å². The van der Waals surface area contributed by atoms with Crippen molar-refractivity contribution in [3.8, 4) is 45.1 Å². The fraction of sp³-hybridized carbons (Fsp3) is 0.165. The first-order valence-corrected chi connectivity index (χ1v) is 30.8. The Bertz CT molecular complexity index is 4540. The van der Waals surface area contributed by atoms with Crippen LogP contribution in [0, 0.1) is 15.9 Å². The first-order valence-electron chi connectivity index (χ1n) is 29.7. The Hall–Kier alpha value is -9.09. The molecule has 2 aliphatic heterocycles. The molecule has 4 heterocycles. The third-order valence-electron chi connectivity index (χ3n) is 17.3. The zero-order valence-corrected chi connectivity index (χ0v) is 52.3. The van der Waals surface area contributed by atoms with E-state index in [-0.39, 0.29) is 16.2 Å². The van der Waals surface area contributed by atoms with Crippen molar-refractivity contribution in [3.63, 3.8) is 0 Å². The van der Waals surface area contributed by atoms with Gasteiger partial charge in [0.25, 0.3) is 0 Å². The van der Waals surface area contributed by atoms with Gasteiger partial charge in [-0.25, -0.2) is 0 Å². The van der Waals surface area contributed by atoms with Gasteiger partial charge in [-0.3, -0.25) is 0 Å². The second kappa shape index (κ2) is 20.9. The molecule has 0 amide bonds. The van der Waals surface area contributed by atoms with Crippen LogP contribution in [0.3, 0.4) is 0 Å². The van der Waals surface area contributed by atoms with E-state index in [1.54, 1.807) is 0 Å². The van der Waals surface area contributed by atoms with Gasteiger partial charge in [0.05, 0.1) is 0 Å². The summed E-state index contributed by atoms with van der Waals surface area (Å²) in [5.41, 5.74) is 21.2. The smallest absolute Gasteiger partial charge is 0.0618 e. The van der Waals surface area contributed by atoms with Crippen molar-refractivity contribution in [1.82, 2.24) is 14.1 Å². The zero-order chi connectivity index (χ0) is 59.3. The number of hydrogen-bond donors (Lipinski definition) is 0. The maximum absolute atomic E-state index is 7.14. The zero-order valence-electron chi connectivity index (χ0n) is 50.1. The van der Waals surface area contributed by atoms with E-state index in [2.05, 4.69) is 343 Å². The van der Waals surface area contributed by atoms with Crippen LogP contribution in [0.25, 0.3) is 44.7 Å². The number of hydrogen-bond acceptors (Lipinski definition) is 4. The average Bonchev–Trinajstić information content (AvgIpc) is 0.827. The third kappa shape index (κ3) is 9.11. The van der Waals surface area contributed by atoms with Crippen LogP contribution >= 0.6 is 0 Å². The summed E-state index contributed by atoms with van der Waals surface area (Å²) in [6.45, 7) is 20.5. The number of nitrogens with zero attached hydrogens (tertiary/aromatic N) is 5. The summed E-state index contributed by atoms with van der Waals surface area (Å²) in [6, 6.07) is 93.7. The van der Waals surface area contributed by atoms with E-state index in [0.717, 1.165) is 93.8 Å². The molecule has 12 aromatic rings. The van der Waals surface area contributed by atoms with Gasteiger partial charge in [-0.1, -0.05) is 108 Å². The van der Waals surface area contributed by atoms with Crippen LogP contribution in [-0.2, 0) is 41.0 Å². The maximum atomic E-state index is 7.14. The molecule has 2 aliphatic rings. The Labute approximate surface area is 516 Å². The number of pyridine rings is 1. The van der Waals surface area contributed by atoms with Crippen LogP contribution in [0.15, 0.2) is 243 Å². The third-order valence-corrected chi connectivity index (χ3v) is 18.3.